The topological polar surface area (TPSA) is 123 Å². The zero-order chi connectivity index (χ0) is 23.2. The number of nitrogens with zero attached hydrogens (tertiary/aromatic N) is 4. The normalized spacial score (nSPS) is 22.2. The summed E-state index contributed by atoms with van der Waals surface area (Å²) in [7, 11) is 1.39. The highest BCUT2D eigenvalue weighted by molar-refractivity contribution is 6.05. The summed E-state index contributed by atoms with van der Waals surface area (Å²) in [4.78, 5) is 51.2. The number of amides is 3. The molecule has 1 saturated carbocycles. The maximum atomic E-state index is 13.1. The number of methoxy groups -OCH3 is 1. The number of nitrogens with one attached hydrogen (secondary N) is 1. The summed E-state index contributed by atoms with van der Waals surface area (Å²) in [6, 6.07) is 4.64. The molecule has 3 amide bonds. The molecule has 172 valence electrons. The van der Waals surface area contributed by atoms with Crippen LogP contribution in [0.4, 0.5) is 0 Å². The molecule has 1 N–H and O–H groups in total. The molecule has 1 aromatic heterocycles. The van der Waals surface area contributed by atoms with Crippen molar-refractivity contribution < 1.29 is 23.9 Å². The predicted octanol–water partition coefficient (Wildman–Crippen LogP) is 1.40. The van der Waals surface area contributed by atoms with E-state index in [0.717, 1.165) is 24.8 Å². The lowest BCUT2D eigenvalue weighted by Crippen LogP contribution is -2.52. The van der Waals surface area contributed by atoms with Crippen LogP contribution in [0.3, 0.4) is 0 Å². The number of esters is 1. The molecule has 10 nitrogen and oxygen atoms in total. The average molecular weight is 451 g/mol. The third-order valence-corrected chi connectivity index (χ3v) is 7.07. The highest BCUT2D eigenvalue weighted by atomic mass is 16.5. The molecule has 1 aromatic carbocycles. The minimum Gasteiger partial charge on any atom is -0.468 e. The van der Waals surface area contributed by atoms with Crippen LogP contribution in [0.5, 0.6) is 0 Å². The molecule has 1 aliphatic carbocycles. The lowest BCUT2D eigenvalue weighted by Gasteiger charge is -2.32. The molecule has 0 radical (unpaired) electrons. The summed E-state index contributed by atoms with van der Waals surface area (Å²) in [6.45, 7) is 0.230. The Balaban J connectivity index is 1.48. The van der Waals surface area contributed by atoms with Gasteiger partial charge in [0.05, 0.1) is 19.0 Å². The number of carbonyl (C=O) groups excluding carboxylic acids is 4. The van der Waals surface area contributed by atoms with Crippen LogP contribution < -0.4 is 5.32 Å². The third-order valence-electron chi connectivity index (χ3n) is 7.07. The van der Waals surface area contributed by atoms with Gasteiger partial charge in [0.15, 0.2) is 0 Å². The fourth-order valence-electron chi connectivity index (χ4n) is 5.30. The summed E-state index contributed by atoms with van der Waals surface area (Å²) in [6.07, 6.45) is 6.46. The van der Waals surface area contributed by atoms with Crippen molar-refractivity contribution in [3.05, 3.63) is 41.2 Å². The van der Waals surface area contributed by atoms with E-state index >= 15 is 0 Å². The van der Waals surface area contributed by atoms with E-state index in [1.165, 1.54) is 12.0 Å². The van der Waals surface area contributed by atoms with Gasteiger partial charge in [-0.15, -0.1) is 5.10 Å². The van der Waals surface area contributed by atoms with Gasteiger partial charge >= 0.3 is 5.97 Å². The van der Waals surface area contributed by atoms with Crippen molar-refractivity contribution in [2.45, 2.75) is 62.9 Å². The lowest BCUT2D eigenvalue weighted by molar-refractivity contribution is -0.149. The van der Waals surface area contributed by atoms with E-state index in [1.54, 1.807) is 23.0 Å². The lowest BCUT2D eigenvalue weighted by atomic mass is 9.72. The Morgan fingerprint density at radius 1 is 1.18 bits per heavy atom. The monoisotopic (exact) mass is 451 g/mol. The van der Waals surface area contributed by atoms with Crippen LogP contribution >= 0.6 is 0 Å². The fraction of sp³-hybridized carbons (Fsp3) is 0.478. The van der Waals surface area contributed by atoms with Crippen molar-refractivity contribution in [1.82, 2.24) is 25.2 Å². The molecular weight excluding hydrogens is 426 g/mol. The second-order valence-electron chi connectivity index (χ2n) is 8.89. The second kappa shape index (κ2) is 8.09. The first-order valence-corrected chi connectivity index (χ1v) is 11.2. The molecule has 5 rings (SSSR count). The molecule has 2 fully saturated rings. The van der Waals surface area contributed by atoms with Gasteiger partial charge in [0.25, 0.3) is 5.91 Å². The number of piperidine rings is 1. The molecule has 1 atom stereocenters. The van der Waals surface area contributed by atoms with E-state index in [2.05, 4.69) is 15.6 Å². The molecule has 0 spiro atoms. The van der Waals surface area contributed by atoms with Crippen molar-refractivity contribution in [2.75, 3.05) is 7.11 Å². The molecule has 3 aliphatic rings. The number of fused-ring (bicyclic) bond motifs is 1. The average Bonchev–Trinajstić information content (AvgIpc) is 3.45. The second-order valence-corrected chi connectivity index (χ2v) is 8.89. The minimum atomic E-state index is -0.808. The first-order chi connectivity index (χ1) is 15.9. The summed E-state index contributed by atoms with van der Waals surface area (Å²) in [5.74, 6) is -1.32. The van der Waals surface area contributed by atoms with Gasteiger partial charge in [0.1, 0.15) is 17.2 Å². The van der Waals surface area contributed by atoms with Gasteiger partial charge in [0.2, 0.25) is 11.8 Å². The van der Waals surface area contributed by atoms with E-state index in [1.807, 2.05) is 6.07 Å². The molecule has 1 saturated heterocycles. The molecule has 3 heterocycles. The summed E-state index contributed by atoms with van der Waals surface area (Å²) in [5, 5.41) is 11.0. The molecule has 2 aliphatic heterocycles. The fourth-order valence-corrected chi connectivity index (χ4v) is 5.30. The van der Waals surface area contributed by atoms with Crippen LogP contribution in [-0.4, -0.2) is 56.7 Å². The van der Waals surface area contributed by atoms with Crippen LogP contribution in [0.25, 0.3) is 5.69 Å². The van der Waals surface area contributed by atoms with Crippen LogP contribution in [0.1, 0.15) is 66.6 Å². The van der Waals surface area contributed by atoms with Crippen molar-refractivity contribution in [1.29, 1.82) is 0 Å². The smallest absolute Gasteiger partial charge is 0.318 e. The number of aromatic nitrogens is 3. The highest BCUT2D eigenvalue weighted by Gasteiger charge is 2.45. The number of carbonyl (C=O) groups is 4. The van der Waals surface area contributed by atoms with Crippen LogP contribution in [-0.2, 0) is 31.1 Å². The zero-order valence-electron chi connectivity index (χ0n) is 18.4. The van der Waals surface area contributed by atoms with Gasteiger partial charge in [-0.3, -0.25) is 24.5 Å². The summed E-state index contributed by atoms with van der Waals surface area (Å²) >= 11 is 0. The predicted molar refractivity (Wildman–Crippen MR) is 114 cm³/mol. The van der Waals surface area contributed by atoms with Crippen molar-refractivity contribution in [2.24, 2.45) is 0 Å². The van der Waals surface area contributed by atoms with Gasteiger partial charge in [-0.25, -0.2) is 4.68 Å². The number of hydrogen-bond donors (Lipinski definition) is 1. The van der Waals surface area contributed by atoms with Crippen LogP contribution in [0.2, 0.25) is 0 Å². The number of benzene rings is 1. The zero-order valence-corrected chi connectivity index (χ0v) is 18.4. The number of rotatable bonds is 4. The Kier molecular flexibility index (Phi) is 5.22. The van der Waals surface area contributed by atoms with E-state index in [0.29, 0.717) is 36.2 Å². The van der Waals surface area contributed by atoms with E-state index in [9.17, 15) is 19.2 Å². The SMILES string of the molecule is COC(=O)C1(c2cn(-c3cccc4c3CN(C3CCC(=O)NC3=O)C4=O)nn2)CCCCC1. The Hall–Kier alpha value is -3.56. The largest absolute Gasteiger partial charge is 0.468 e. The number of ether oxygens (including phenoxy) is 1. The van der Waals surface area contributed by atoms with Crippen molar-refractivity contribution >= 4 is 23.7 Å². The van der Waals surface area contributed by atoms with Crippen molar-refractivity contribution in [3.8, 4) is 5.69 Å². The molecular formula is C23H25N5O5. The van der Waals surface area contributed by atoms with E-state index in [4.69, 9.17) is 4.74 Å². The summed E-state index contributed by atoms with van der Waals surface area (Å²) < 4.78 is 6.71. The quantitative estimate of drug-likeness (QED) is 0.550. The molecule has 2 aromatic rings. The van der Waals surface area contributed by atoms with Gasteiger partial charge in [-0.05, 0) is 31.4 Å². The van der Waals surface area contributed by atoms with Crippen LogP contribution in [0.15, 0.2) is 24.4 Å². The Morgan fingerprint density at radius 3 is 2.70 bits per heavy atom. The third kappa shape index (κ3) is 3.40. The molecule has 33 heavy (non-hydrogen) atoms. The van der Waals surface area contributed by atoms with E-state index < -0.39 is 17.4 Å². The Morgan fingerprint density at radius 2 is 1.97 bits per heavy atom. The highest BCUT2D eigenvalue weighted by Crippen LogP contribution is 2.40. The Labute approximate surface area is 190 Å². The minimum absolute atomic E-state index is 0.200. The van der Waals surface area contributed by atoms with Gasteiger partial charge in [0, 0.05) is 24.1 Å². The first-order valence-electron chi connectivity index (χ1n) is 11.2. The molecule has 0 bridgehead atoms. The maximum Gasteiger partial charge on any atom is 0.318 e. The summed E-state index contributed by atoms with van der Waals surface area (Å²) in [5.41, 5.74) is 1.66. The Bertz CT molecular complexity index is 1150. The van der Waals surface area contributed by atoms with Gasteiger partial charge in [-0.1, -0.05) is 30.5 Å². The first kappa shape index (κ1) is 21.3. The molecule has 10 heteroatoms. The molecule has 1 unspecified atom stereocenters. The standard InChI is InChI=1S/C23H25N5O5/c1-33-22(32)23(10-3-2-4-11-23)18-13-28(26-25-18)16-7-5-6-14-15(16)12-27(21(14)31)17-8-9-19(29)24-20(17)30/h5-7,13,17H,2-4,8-12H2,1H3,(H,24,29,30). The van der Waals surface area contributed by atoms with Crippen LogP contribution in [0, 0.1) is 0 Å². The van der Waals surface area contributed by atoms with E-state index in [-0.39, 0.29) is 30.7 Å². The van der Waals surface area contributed by atoms with Gasteiger partial charge < -0.3 is 9.64 Å². The maximum absolute atomic E-state index is 13.1. The van der Waals surface area contributed by atoms with Crippen molar-refractivity contribution in [3.63, 3.8) is 0 Å². The number of hydrogen-bond acceptors (Lipinski definition) is 7. The number of imide groups is 1. The van der Waals surface area contributed by atoms with Gasteiger partial charge in [-0.2, -0.15) is 0 Å².